The fourth-order valence-electron chi connectivity index (χ4n) is 1.67. The Bertz CT molecular complexity index is 523. The minimum Gasteiger partial charge on any atom is -0.308 e. The second-order valence-electron chi connectivity index (χ2n) is 4.01. The van der Waals surface area contributed by atoms with Crippen LogP contribution in [0.2, 0.25) is 0 Å². The average molecular weight is 228 g/mol. The predicted molar refractivity (Wildman–Crippen MR) is 62.8 cm³/mol. The summed E-state index contributed by atoms with van der Waals surface area (Å²) in [5.41, 5.74) is 4.30. The monoisotopic (exact) mass is 228 g/mol. The molecule has 2 heterocycles. The number of hydrogen-bond acceptors (Lipinski definition) is 6. The van der Waals surface area contributed by atoms with Crippen molar-refractivity contribution in [3.05, 3.63) is 30.4 Å². The predicted octanol–water partition coefficient (Wildman–Crippen LogP) is 1.10. The van der Waals surface area contributed by atoms with Crippen LogP contribution in [0.3, 0.4) is 0 Å². The first-order valence-corrected chi connectivity index (χ1v) is 5.49. The van der Waals surface area contributed by atoms with Crippen LogP contribution < -0.4 is 11.3 Å². The summed E-state index contributed by atoms with van der Waals surface area (Å²) in [4.78, 5) is 16.8. The van der Waals surface area contributed by atoms with E-state index in [-0.39, 0.29) is 0 Å². The molecule has 86 valence electrons. The molecule has 2 aromatic heterocycles. The number of nitrogen functional groups attached to an aromatic ring is 1. The van der Waals surface area contributed by atoms with Crippen LogP contribution in [0, 0.1) is 0 Å². The Morgan fingerprint density at radius 3 is 2.82 bits per heavy atom. The molecule has 17 heavy (non-hydrogen) atoms. The summed E-state index contributed by atoms with van der Waals surface area (Å²) < 4.78 is 0. The van der Waals surface area contributed by atoms with Gasteiger partial charge in [-0.25, -0.2) is 25.8 Å². The van der Waals surface area contributed by atoms with Crippen LogP contribution in [-0.4, -0.2) is 19.9 Å². The van der Waals surface area contributed by atoms with Crippen molar-refractivity contribution in [1.29, 1.82) is 0 Å². The lowest BCUT2D eigenvalue weighted by atomic mass is 10.2. The minimum absolute atomic E-state index is 0.547. The summed E-state index contributed by atoms with van der Waals surface area (Å²) in [7, 11) is 0. The van der Waals surface area contributed by atoms with Gasteiger partial charge in [0.05, 0.1) is 0 Å². The van der Waals surface area contributed by atoms with Crippen LogP contribution in [0.15, 0.2) is 24.7 Å². The molecule has 1 fully saturated rings. The molecule has 0 amide bonds. The fourth-order valence-corrected chi connectivity index (χ4v) is 1.67. The average Bonchev–Trinajstić information content (AvgIpc) is 3.23. The molecule has 0 unspecified atom stereocenters. The number of hydrogen-bond donors (Lipinski definition) is 2. The number of hydrazine groups is 1. The molecule has 0 aromatic carbocycles. The number of aromatic nitrogens is 4. The molecule has 1 aliphatic carbocycles. The highest BCUT2D eigenvalue weighted by molar-refractivity contribution is 5.52. The van der Waals surface area contributed by atoms with Crippen LogP contribution in [0.1, 0.15) is 24.5 Å². The third-order valence-corrected chi connectivity index (χ3v) is 2.70. The largest absolute Gasteiger partial charge is 0.308 e. The zero-order valence-electron chi connectivity index (χ0n) is 9.17. The maximum absolute atomic E-state index is 5.41. The third-order valence-electron chi connectivity index (χ3n) is 2.70. The molecule has 2 aromatic rings. The first-order chi connectivity index (χ1) is 8.36. The van der Waals surface area contributed by atoms with E-state index in [1.807, 2.05) is 6.07 Å². The van der Waals surface area contributed by atoms with Gasteiger partial charge >= 0.3 is 0 Å². The molecule has 0 bridgehead atoms. The molecule has 0 radical (unpaired) electrons. The van der Waals surface area contributed by atoms with Gasteiger partial charge in [-0.3, -0.25) is 0 Å². The van der Waals surface area contributed by atoms with Gasteiger partial charge in [-0.05, 0) is 18.9 Å². The molecule has 0 spiro atoms. The molecule has 1 aliphatic rings. The number of nitrogens with two attached hydrogens (primary N) is 1. The van der Waals surface area contributed by atoms with E-state index in [4.69, 9.17) is 5.84 Å². The topological polar surface area (TPSA) is 89.6 Å². The highest BCUT2D eigenvalue weighted by Crippen LogP contribution is 2.39. The van der Waals surface area contributed by atoms with E-state index in [0.29, 0.717) is 23.3 Å². The van der Waals surface area contributed by atoms with E-state index >= 15 is 0 Å². The standard InChI is InChI=1S/C11H12N6/c12-17-10-5-9(7-1-2-7)15-11(16-10)8-3-4-13-6-14-8/h3-7H,1-2,12H2,(H,15,16,17). The SMILES string of the molecule is NNc1cc(C2CC2)nc(-c2ccncn2)n1. The Morgan fingerprint density at radius 2 is 2.18 bits per heavy atom. The summed E-state index contributed by atoms with van der Waals surface area (Å²) in [6, 6.07) is 3.68. The Morgan fingerprint density at radius 1 is 1.29 bits per heavy atom. The van der Waals surface area contributed by atoms with Gasteiger partial charge in [0.2, 0.25) is 0 Å². The zero-order valence-corrected chi connectivity index (χ0v) is 9.17. The van der Waals surface area contributed by atoms with Gasteiger partial charge in [-0.15, -0.1) is 0 Å². The van der Waals surface area contributed by atoms with Crippen molar-refractivity contribution in [2.24, 2.45) is 5.84 Å². The lowest BCUT2D eigenvalue weighted by Crippen LogP contribution is -2.10. The highest BCUT2D eigenvalue weighted by atomic mass is 15.3. The summed E-state index contributed by atoms with van der Waals surface area (Å²) in [5.74, 6) is 7.17. The Kier molecular flexibility index (Phi) is 2.41. The first-order valence-electron chi connectivity index (χ1n) is 5.49. The van der Waals surface area contributed by atoms with E-state index in [1.54, 1.807) is 12.3 Å². The minimum atomic E-state index is 0.547. The van der Waals surface area contributed by atoms with Crippen LogP contribution >= 0.6 is 0 Å². The van der Waals surface area contributed by atoms with E-state index in [0.717, 1.165) is 5.69 Å². The van der Waals surface area contributed by atoms with Gasteiger partial charge in [0.25, 0.3) is 0 Å². The van der Waals surface area contributed by atoms with Crippen molar-refractivity contribution >= 4 is 5.82 Å². The van der Waals surface area contributed by atoms with Gasteiger partial charge in [0.15, 0.2) is 5.82 Å². The third kappa shape index (κ3) is 2.07. The summed E-state index contributed by atoms with van der Waals surface area (Å²) in [6.07, 6.45) is 5.53. The van der Waals surface area contributed by atoms with Gasteiger partial charge in [-0.2, -0.15) is 0 Å². The molecule has 6 nitrogen and oxygen atoms in total. The fraction of sp³-hybridized carbons (Fsp3) is 0.273. The van der Waals surface area contributed by atoms with E-state index in [1.165, 1.54) is 19.2 Å². The van der Waals surface area contributed by atoms with Gasteiger partial charge in [0.1, 0.15) is 17.8 Å². The summed E-state index contributed by atoms with van der Waals surface area (Å²) in [6.45, 7) is 0. The van der Waals surface area contributed by atoms with Crippen LogP contribution in [0.5, 0.6) is 0 Å². The number of anilines is 1. The van der Waals surface area contributed by atoms with Crippen molar-refractivity contribution in [2.75, 3.05) is 5.43 Å². The smallest absolute Gasteiger partial charge is 0.180 e. The van der Waals surface area contributed by atoms with E-state index in [2.05, 4.69) is 25.4 Å². The summed E-state index contributed by atoms with van der Waals surface area (Å²) >= 11 is 0. The number of nitrogens with zero attached hydrogens (tertiary/aromatic N) is 4. The van der Waals surface area contributed by atoms with E-state index in [9.17, 15) is 0 Å². The van der Waals surface area contributed by atoms with Crippen molar-refractivity contribution in [2.45, 2.75) is 18.8 Å². The molecule has 3 rings (SSSR count). The van der Waals surface area contributed by atoms with Gasteiger partial charge in [0, 0.05) is 23.9 Å². The van der Waals surface area contributed by atoms with Crippen molar-refractivity contribution in [1.82, 2.24) is 19.9 Å². The van der Waals surface area contributed by atoms with Crippen LogP contribution in [0.25, 0.3) is 11.5 Å². The molecule has 3 N–H and O–H groups in total. The Balaban J connectivity index is 2.06. The lowest BCUT2D eigenvalue weighted by molar-refractivity contribution is 0.981. The van der Waals surface area contributed by atoms with Crippen molar-refractivity contribution < 1.29 is 0 Å². The van der Waals surface area contributed by atoms with Crippen molar-refractivity contribution in [3.63, 3.8) is 0 Å². The van der Waals surface area contributed by atoms with E-state index < -0.39 is 0 Å². The maximum Gasteiger partial charge on any atom is 0.180 e. The van der Waals surface area contributed by atoms with Gasteiger partial charge in [-0.1, -0.05) is 0 Å². The quantitative estimate of drug-likeness (QED) is 0.604. The molecule has 0 aliphatic heterocycles. The first kappa shape index (κ1) is 10.1. The Hall–Kier alpha value is -2.08. The van der Waals surface area contributed by atoms with Gasteiger partial charge < -0.3 is 5.43 Å². The molecule has 6 heteroatoms. The second kappa shape index (κ2) is 4.06. The number of rotatable bonds is 3. The van der Waals surface area contributed by atoms with Crippen LogP contribution in [-0.2, 0) is 0 Å². The summed E-state index contributed by atoms with van der Waals surface area (Å²) in [5, 5.41) is 0. The number of nitrogens with one attached hydrogen (secondary N) is 1. The normalized spacial score (nSPS) is 14.6. The lowest BCUT2D eigenvalue weighted by Gasteiger charge is -2.06. The highest BCUT2D eigenvalue weighted by Gasteiger charge is 2.26. The molecular formula is C11H12N6. The molecule has 0 saturated heterocycles. The Labute approximate surface area is 98.3 Å². The second-order valence-corrected chi connectivity index (χ2v) is 4.01. The maximum atomic E-state index is 5.41. The molecule has 0 atom stereocenters. The molecular weight excluding hydrogens is 216 g/mol. The molecule has 1 saturated carbocycles. The van der Waals surface area contributed by atoms with Crippen molar-refractivity contribution in [3.8, 4) is 11.5 Å². The zero-order chi connectivity index (χ0) is 11.7. The van der Waals surface area contributed by atoms with Crippen LogP contribution in [0.4, 0.5) is 5.82 Å².